The SMILES string of the molecule is CN(Cc1cnn(C)c1)S(=O)(=O)c1cc(Cl)ccc1Cl. The zero-order chi connectivity index (χ0) is 14.9. The minimum absolute atomic E-state index is 0.00180. The second-order valence-corrected chi connectivity index (χ2v) is 7.22. The van der Waals surface area contributed by atoms with E-state index < -0.39 is 10.0 Å². The predicted octanol–water partition coefficient (Wildman–Crippen LogP) is 2.55. The summed E-state index contributed by atoms with van der Waals surface area (Å²) >= 11 is 11.8. The van der Waals surface area contributed by atoms with Crippen LogP contribution in [0.4, 0.5) is 0 Å². The molecule has 0 unspecified atom stereocenters. The zero-order valence-electron chi connectivity index (χ0n) is 10.9. The van der Waals surface area contributed by atoms with Gasteiger partial charge in [-0.25, -0.2) is 8.42 Å². The Morgan fingerprint density at radius 2 is 2.05 bits per heavy atom. The highest BCUT2D eigenvalue weighted by Crippen LogP contribution is 2.27. The molecule has 0 saturated carbocycles. The minimum atomic E-state index is -3.70. The van der Waals surface area contributed by atoms with Crippen molar-refractivity contribution in [3.05, 3.63) is 46.2 Å². The molecule has 0 aliphatic carbocycles. The maximum Gasteiger partial charge on any atom is 0.244 e. The van der Waals surface area contributed by atoms with Gasteiger partial charge in [0.2, 0.25) is 10.0 Å². The van der Waals surface area contributed by atoms with Crippen molar-refractivity contribution in [1.82, 2.24) is 14.1 Å². The van der Waals surface area contributed by atoms with Crippen LogP contribution in [-0.4, -0.2) is 29.6 Å². The van der Waals surface area contributed by atoms with Crippen LogP contribution in [-0.2, 0) is 23.6 Å². The second-order valence-electron chi connectivity index (χ2n) is 4.36. The number of sulfonamides is 1. The van der Waals surface area contributed by atoms with Gasteiger partial charge in [-0.3, -0.25) is 4.68 Å². The van der Waals surface area contributed by atoms with Crippen LogP contribution in [0.3, 0.4) is 0 Å². The summed E-state index contributed by atoms with van der Waals surface area (Å²) in [5.74, 6) is 0. The van der Waals surface area contributed by atoms with E-state index in [1.807, 2.05) is 0 Å². The highest BCUT2D eigenvalue weighted by molar-refractivity contribution is 7.89. The molecule has 5 nitrogen and oxygen atoms in total. The second kappa shape index (κ2) is 5.73. The molecule has 1 aromatic heterocycles. The van der Waals surface area contributed by atoms with Crippen molar-refractivity contribution >= 4 is 33.2 Å². The lowest BCUT2D eigenvalue weighted by Gasteiger charge is -2.17. The van der Waals surface area contributed by atoms with E-state index in [1.54, 1.807) is 30.2 Å². The van der Waals surface area contributed by atoms with E-state index in [4.69, 9.17) is 23.2 Å². The molecule has 2 aromatic rings. The van der Waals surface area contributed by atoms with Crippen LogP contribution >= 0.6 is 23.2 Å². The lowest BCUT2D eigenvalue weighted by atomic mass is 10.4. The van der Waals surface area contributed by atoms with E-state index in [0.29, 0.717) is 5.02 Å². The number of benzene rings is 1. The van der Waals surface area contributed by atoms with Crippen LogP contribution < -0.4 is 0 Å². The zero-order valence-corrected chi connectivity index (χ0v) is 13.2. The maximum atomic E-state index is 12.5. The summed E-state index contributed by atoms with van der Waals surface area (Å²) in [4.78, 5) is -0.00180. The van der Waals surface area contributed by atoms with Gasteiger partial charge in [-0.2, -0.15) is 9.40 Å². The molecule has 0 aliphatic rings. The van der Waals surface area contributed by atoms with E-state index in [-0.39, 0.29) is 16.5 Å². The average molecular weight is 334 g/mol. The topological polar surface area (TPSA) is 55.2 Å². The summed E-state index contributed by atoms with van der Waals surface area (Å²) in [6, 6.07) is 4.36. The summed E-state index contributed by atoms with van der Waals surface area (Å²) in [7, 11) is -0.446. The Kier molecular flexibility index (Phi) is 4.39. The van der Waals surface area contributed by atoms with Crippen molar-refractivity contribution in [2.24, 2.45) is 7.05 Å². The molecular formula is C12H13Cl2N3O2S. The van der Waals surface area contributed by atoms with Crippen LogP contribution in [0, 0.1) is 0 Å². The quantitative estimate of drug-likeness (QED) is 0.863. The highest BCUT2D eigenvalue weighted by atomic mass is 35.5. The molecule has 108 valence electrons. The van der Waals surface area contributed by atoms with E-state index in [2.05, 4.69) is 5.10 Å². The Morgan fingerprint density at radius 3 is 2.65 bits per heavy atom. The molecule has 0 fully saturated rings. The lowest BCUT2D eigenvalue weighted by molar-refractivity contribution is 0.466. The first-order valence-corrected chi connectivity index (χ1v) is 7.89. The fraction of sp³-hybridized carbons (Fsp3) is 0.250. The van der Waals surface area contributed by atoms with E-state index in [1.165, 1.54) is 23.5 Å². The number of hydrogen-bond donors (Lipinski definition) is 0. The normalized spacial score (nSPS) is 12.1. The van der Waals surface area contributed by atoms with Crippen LogP contribution in [0.15, 0.2) is 35.5 Å². The van der Waals surface area contributed by atoms with Gasteiger partial charge in [0, 0.05) is 37.4 Å². The Labute approximate surface area is 127 Å². The van der Waals surface area contributed by atoms with Crippen molar-refractivity contribution < 1.29 is 8.42 Å². The van der Waals surface area contributed by atoms with Crippen LogP contribution in [0.1, 0.15) is 5.56 Å². The van der Waals surface area contributed by atoms with Gasteiger partial charge in [-0.05, 0) is 18.2 Å². The number of halogens is 2. The molecule has 0 spiro atoms. The average Bonchev–Trinajstić information content (AvgIpc) is 2.77. The first-order valence-electron chi connectivity index (χ1n) is 5.69. The molecule has 2 rings (SSSR count). The third kappa shape index (κ3) is 3.15. The summed E-state index contributed by atoms with van der Waals surface area (Å²) in [5.41, 5.74) is 0.789. The number of nitrogens with zero attached hydrogens (tertiary/aromatic N) is 3. The van der Waals surface area contributed by atoms with E-state index >= 15 is 0 Å². The van der Waals surface area contributed by atoms with Crippen LogP contribution in [0.25, 0.3) is 0 Å². The Balaban J connectivity index is 2.32. The number of hydrogen-bond acceptors (Lipinski definition) is 3. The molecule has 0 saturated heterocycles. The molecule has 1 aromatic carbocycles. The van der Waals surface area contributed by atoms with E-state index in [9.17, 15) is 8.42 Å². The number of rotatable bonds is 4. The fourth-order valence-electron chi connectivity index (χ4n) is 1.74. The first kappa shape index (κ1) is 15.3. The molecule has 0 radical (unpaired) electrons. The van der Waals surface area contributed by atoms with Crippen molar-refractivity contribution in [2.45, 2.75) is 11.4 Å². The van der Waals surface area contributed by atoms with Gasteiger partial charge in [-0.15, -0.1) is 0 Å². The van der Waals surface area contributed by atoms with Gasteiger partial charge in [0.05, 0.1) is 11.2 Å². The standard InChI is InChI=1S/C12H13Cl2N3O2S/c1-16-7-9(6-15-16)8-17(2)20(18,19)12-5-10(13)3-4-11(12)14/h3-7H,8H2,1-2H3. The molecule has 0 N–H and O–H groups in total. The molecular weight excluding hydrogens is 321 g/mol. The van der Waals surface area contributed by atoms with Crippen molar-refractivity contribution in [1.29, 1.82) is 0 Å². The highest BCUT2D eigenvalue weighted by Gasteiger charge is 2.24. The van der Waals surface area contributed by atoms with Gasteiger partial charge >= 0.3 is 0 Å². The molecule has 0 aliphatic heterocycles. The van der Waals surface area contributed by atoms with E-state index in [0.717, 1.165) is 5.56 Å². The smallest absolute Gasteiger partial charge is 0.244 e. The summed E-state index contributed by atoms with van der Waals surface area (Å²) in [5, 5.41) is 4.47. The van der Waals surface area contributed by atoms with Gasteiger partial charge in [0.15, 0.2) is 0 Å². The predicted molar refractivity (Wildman–Crippen MR) is 78.3 cm³/mol. The van der Waals surface area contributed by atoms with Crippen molar-refractivity contribution in [2.75, 3.05) is 7.05 Å². The summed E-state index contributed by atoms with van der Waals surface area (Å²) < 4.78 is 27.8. The largest absolute Gasteiger partial charge is 0.275 e. The third-order valence-corrected chi connectivity index (χ3v) is 5.27. The Hall–Kier alpha value is -1.08. The number of aryl methyl sites for hydroxylation is 1. The Bertz CT molecular complexity index is 728. The summed E-state index contributed by atoms with van der Waals surface area (Å²) in [6.07, 6.45) is 3.37. The van der Waals surface area contributed by atoms with Gasteiger partial charge in [0.25, 0.3) is 0 Å². The molecule has 20 heavy (non-hydrogen) atoms. The molecule has 0 amide bonds. The fourth-order valence-corrected chi connectivity index (χ4v) is 3.63. The van der Waals surface area contributed by atoms with Gasteiger partial charge in [-0.1, -0.05) is 23.2 Å². The Morgan fingerprint density at radius 1 is 1.35 bits per heavy atom. The summed E-state index contributed by atoms with van der Waals surface area (Å²) in [6.45, 7) is 0.207. The third-order valence-electron chi connectivity index (χ3n) is 2.75. The lowest BCUT2D eigenvalue weighted by Crippen LogP contribution is -2.26. The van der Waals surface area contributed by atoms with Gasteiger partial charge in [0.1, 0.15) is 4.90 Å². The minimum Gasteiger partial charge on any atom is -0.275 e. The monoisotopic (exact) mass is 333 g/mol. The molecule has 0 atom stereocenters. The van der Waals surface area contributed by atoms with Gasteiger partial charge < -0.3 is 0 Å². The van der Waals surface area contributed by atoms with Crippen molar-refractivity contribution in [3.63, 3.8) is 0 Å². The first-order chi connectivity index (χ1) is 9.30. The van der Waals surface area contributed by atoms with Crippen LogP contribution in [0.2, 0.25) is 10.0 Å². The molecule has 0 bridgehead atoms. The maximum absolute atomic E-state index is 12.5. The van der Waals surface area contributed by atoms with Crippen LogP contribution in [0.5, 0.6) is 0 Å². The van der Waals surface area contributed by atoms with Crippen molar-refractivity contribution in [3.8, 4) is 0 Å². The number of aromatic nitrogens is 2. The molecule has 1 heterocycles. The molecule has 8 heteroatoms.